The summed E-state index contributed by atoms with van der Waals surface area (Å²) in [5, 5.41) is 13.1. The number of likely N-dealkylation sites (N-methyl/N-ethyl adjacent to an activating group) is 1. The zero-order chi connectivity index (χ0) is 30.0. The van der Waals surface area contributed by atoms with Crippen molar-refractivity contribution in [3.63, 3.8) is 0 Å². The van der Waals surface area contributed by atoms with Crippen LogP contribution in [0.3, 0.4) is 0 Å². The molecule has 7 rings (SSSR count). The van der Waals surface area contributed by atoms with Crippen molar-refractivity contribution in [3.8, 4) is 39.4 Å². The van der Waals surface area contributed by atoms with E-state index in [2.05, 4.69) is 53.6 Å². The lowest BCUT2D eigenvalue weighted by Gasteiger charge is -2.23. The predicted molar refractivity (Wildman–Crippen MR) is 174 cm³/mol. The van der Waals surface area contributed by atoms with Crippen LogP contribution in [0.25, 0.3) is 55.6 Å². The molecule has 224 valence electrons. The van der Waals surface area contributed by atoms with Crippen LogP contribution in [-0.2, 0) is 0 Å². The van der Waals surface area contributed by atoms with Crippen molar-refractivity contribution in [3.05, 3.63) is 79.0 Å². The van der Waals surface area contributed by atoms with Gasteiger partial charge in [0.25, 0.3) is 0 Å². The first kappa shape index (κ1) is 28.0. The zero-order valence-electron chi connectivity index (χ0n) is 25.0. The van der Waals surface area contributed by atoms with Gasteiger partial charge >= 0.3 is 0 Å². The molecule has 3 N–H and O–H groups in total. The molecule has 0 saturated heterocycles. The Kier molecular flexibility index (Phi) is 7.70. The molecule has 4 heterocycles. The van der Waals surface area contributed by atoms with Crippen molar-refractivity contribution in [1.82, 2.24) is 30.0 Å². The smallest absolute Gasteiger partial charge is 0.138 e. The molecule has 9 heteroatoms. The number of pyridine rings is 2. The standard InChI is InChI=1S/C35H36FN7O/c1-43(2)13-12-38-26-15-23(14-25(36)18-26)29-10-11-39-35-30(29)19-33(40-35)34-31-17-22(8-9-32(31)41-42-34)24-16-28(21-37-20-24)44-27-6-4-3-5-7-27/h8-11,14-21,27,38H,3-7,12-13H2,1-2H3,(H,39,40)(H,41,42). The molecule has 1 aliphatic carbocycles. The number of nitrogens with zero attached hydrogens (tertiary/aromatic N) is 4. The van der Waals surface area contributed by atoms with Crippen molar-refractivity contribution in [2.24, 2.45) is 0 Å². The van der Waals surface area contributed by atoms with Gasteiger partial charge in [0.1, 0.15) is 22.9 Å². The fourth-order valence-electron chi connectivity index (χ4n) is 6.09. The summed E-state index contributed by atoms with van der Waals surface area (Å²) in [5.41, 5.74) is 7.72. The van der Waals surface area contributed by atoms with E-state index in [1.54, 1.807) is 18.5 Å². The molecular formula is C35H36FN7O. The van der Waals surface area contributed by atoms with Gasteiger partial charge in [0.05, 0.1) is 23.5 Å². The molecule has 0 spiro atoms. The second kappa shape index (κ2) is 12.1. The maximum atomic E-state index is 14.7. The fourth-order valence-corrected chi connectivity index (χ4v) is 6.09. The third kappa shape index (κ3) is 5.88. The number of nitrogens with one attached hydrogen (secondary N) is 3. The summed E-state index contributed by atoms with van der Waals surface area (Å²) in [6.07, 6.45) is 11.6. The molecule has 6 aromatic rings. The van der Waals surface area contributed by atoms with Crippen LogP contribution in [0.2, 0.25) is 0 Å². The third-order valence-electron chi connectivity index (χ3n) is 8.35. The molecule has 0 aliphatic heterocycles. The number of hydrogen-bond donors (Lipinski definition) is 3. The van der Waals surface area contributed by atoms with E-state index >= 15 is 0 Å². The zero-order valence-corrected chi connectivity index (χ0v) is 25.0. The third-order valence-corrected chi connectivity index (χ3v) is 8.35. The molecule has 4 aromatic heterocycles. The van der Waals surface area contributed by atoms with Crippen LogP contribution in [0.4, 0.5) is 10.1 Å². The number of hydrogen-bond acceptors (Lipinski definition) is 6. The highest BCUT2D eigenvalue weighted by Gasteiger charge is 2.17. The van der Waals surface area contributed by atoms with E-state index < -0.39 is 0 Å². The Morgan fingerprint density at radius 3 is 2.68 bits per heavy atom. The Hall–Kier alpha value is -4.76. The highest BCUT2D eigenvalue weighted by molar-refractivity contribution is 6.00. The molecule has 0 atom stereocenters. The van der Waals surface area contributed by atoms with Gasteiger partial charge in [0.15, 0.2) is 0 Å². The predicted octanol–water partition coefficient (Wildman–Crippen LogP) is 7.66. The van der Waals surface area contributed by atoms with Gasteiger partial charge in [-0.1, -0.05) is 12.5 Å². The summed E-state index contributed by atoms with van der Waals surface area (Å²) >= 11 is 0. The number of ether oxygens (including phenoxy) is 1. The summed E-state index contributed by atoms with van der Waals surface area (Å²) in [6, 6.07) is 17.4. The molecule has 0 bridgehead atoms. The van der Waals surface area contributed by atoms with E-state index in [1.807, 2.05) is 44.6 Å². The van der Waals surface area contributed by atoms with E-state index in [9.17, 15) is 4.39 Å². The van der Waals surface area contributed by atoms with Gasteiger partial charge in [-0.25, -0.2) is 9.37 Å². The Morgan fingerprint density at radius 2 is 1.82 bits per heavy atom. The largest absolute Gasteiger partial charge is 0.489 e. The number of fused-ring (bicyclic) bond motifs is 2. The highest BCUT2D eigenvalue weighted by Crippen LogP contribution is 2.36. The molecule has 8 nitrogen and oxygen atoms in total. The summed E-state index contributed by atoms with van der Waals surface area (Å²) < 4.78 is 21.0. The molecule has 44 heavy (non-hydrogen) atoms. The minimum Gasteiger partial charge on any atom is -0.489 e. The van der Waals surface area contributed by atoms with Crippen molar-refractivity contribution >= 4 is 27.6 Å². The summed E-state index contributed by atoms with van der Waals surface area (Å²) in [7, 11) is 4.03. The topological polar surface area (TPSA) is 94.8 Å². The monoisotopic (exact) mass is 589 g/mol. The van der Waals surface area contributed by atoms with Crippen molar-refractivity contribution in [2.75, 3.05) is 32.5 Å². The second-order valence-corrected chi connectivity index (χ2v) is 11.9. The van der Waals surface area contributed by atoms with Gasteiger partial charge < -0.3 is 19.9 Å². The van der Waals surface area contributed by atoms with Gasteiger partial charge in [-0.2, -0.15) is 5.10 Å². The van der Waals surface area contributed by atoms with Gasteiger partial charge in [0, 0.05) is 47.5 Å². The Bertz CT molecular complexity index is 1920. The van der Waals surface area contributed by atoms with Gasteiger partial charge in [-0.3, -0.25) is 10.1 Å². The Labute approximate surface area is 255 Å². The van der Waals surface area contributed by atoms with Gasteiger partial charge in [0.2, 0.25) is 0 Å². The quantitative estimate of drug-likeness (QED) is 0.160. The van der Waals surface area contributed by atoms with Crippen molar-refractivity contribution in [1.29, 1.82) is 0 Å². The van der Waals surface area contributed by atoms with Crippen molar-refractivity contribution < 1.29 is 9.13 Å². The van der Waals surface area contributed by atoms with E-state index in [0.29, 0.717) is 5.65 Å². The first-order valence-corrected chi connectivity index (χ1v) is 15.3. The Morgan fingerprint density at radius 1 is 0.932 bits per heavy atom. The molecule has 0 amide bonds. The molecule has 2 aromatic carbocycles. The Balaban J connectivity index is 1.21. The molecule has 0 radical (unpaired) electrons. The second-order valence-electron chi connectivity index (χ2n) is 11.9. The average molecular weight is 590 g/mol. The SMILES string of the molecule is CN(C)CCNc1cc(F)cc(-c2ccnc3[nH]c(-c4n[nH]c5ccc(-c6cncc(OC7CCCCC7)c6)cc45)cc23)c1. The number of aromatic nitrogens is 5. The summed E-state index contributed by atoms with van der Waals surface area (Å²) in [5.74, 6) is 0.522. The molecule has 1 aliphatic rings. The minimum atomic E-state index is -0.288. The summed E-state index contributed by atoms with van der Waals surface area (Å²) in [6.45, 7) is 1.57. The van der Waals surface area contributed by atoms with E-state index in [4.69, 9.17) is 4.74 Å². The molecule has 1 saturated carbocycles. The van der Waals surface area contributed by atoms with E-state index in [1.165, 1.54) is 25.3 Å². The van der Waals surface area contributed by atoms with Crippen LogP contribution in [0.1, 0.15) is 32.1 Å². The lowest BCUT2D eigenvalue weighted by Crippen LogP contribution is -2.20. The number of aromatic amines is 2. The fraction of sp³-hybridized carbons (Fsp3) is 0.286. The number of rotatable bonds is 9. The van der Waals surface area contributed by atoms with Crippen molar-refractivity contribution in [2.45, 2.75) is 38.2 Å². The normalized spacial score (nSPS) is 14.1. The van der Waals surface area contributed by atoms with Crippen LogP contribution in [0, 0.1) is 5.82 Å². The van der Waals surface area contributed by atoms with E-state index in [-0.39, 0.29) is 11.9 Å². The lowest BCUT2D eigenvalue weighted by atomic mass is 9.98. The molecule has 1 fully saturated rings. The van der Waals surface area contributed by atoms with Gasteiger partial charge in [-0.05, 0) is 105 Å². The summed E-state index contributed by atoms with van der Waals surface area (Å²) in [4.78, 5) is 14.6. The number of H-pyrrole nitrogens is 2. The maximum Gasteiger partial charge on any atom is 0.138 e. The lowest BCUT2D eigenvalue weighted by molar-refractivity contribution is 0.154. The van der Waals surface area contributed by atoms with Crippen LogP contribution in [0.15, 0.2) is 73.2 Å². The highest BCUT2D eigenvalue weighted by atomic mass is 19.1. The first-order chi connectivity index (χ1) is 21.5. The molecular weight excluding hydrogens is 553 g/mol. The first-order valence-electron chi connectivity index (χ1n) is 15.3. The minimum absolute atomic E-state index is 0.266. The number of halogens is 1. The van der Waals surface area contributed by atoms with E-state index in [0.717, 1.165) is 87.3 Å². The van der Waals surface area contributed by atoms with Crippen LogP contribution in [-0.4, -0.2) is 63.3 Å². The average Bonchev–Trinajstić information content (AvgIpc) is 3.65. The van der Waals surface area contributed by atoms with Crippen LogP contribution >= 0.6 is 0 Å². The maximum absolute atomic E-state index is 14.7. The van der Waals surface area contributed by atoms with Crippen LogP contribution in [0.5, 0.6) is 5.75 Å². The van der Waals surface area contributed by atoms with Crippen LogP contribution < -0.4 is 10.1 Å². The number of anilines is 1. The number of benzene rings is 2. The van der Waals surface area contributed by atoms with Gasteiger partial charge in [-0.15, -0.1) is 0 Å². The molecule has 0 unspecified atom stereocenters.